The fraction of sp³-hybridized carbons (Fsp3) is 0.409. The van der Waals surface area contributed by atoms with Gasteiger partial charge < -0.3 is 9.84 Å². The van der Waals surface area contributed by atoms with Crippen LogP contribution < -0.4 is 10.3 Å². The Bertz CT molecular complexity index is 937. The number of benzene rings is 1. The van der Waals surface area contributed by atoms with Crippen LogP contribution in [0.5, 0.6) is 11.6 Å². The van der Waals surface area contributed by atoms with Crippen molar-refractivity contribution in [2.75, 3.05) is 7.11 Å². The normalized spacial score (nSPS) is 10.5. The number of methoxy groups -OCH3 is 1. The zero-order valence-electron chi connectivity index (χ0n) is 16.6. The zero-order chi connectivity index (χ0) is 20.7. The molecule has 0 atom stereocenters. The van der Waals surface area contributed by atoms with Crippen molar-refractivity contribution in [2.24, 2.45) is 0 Å². The van der Waals surface area contributed by atoms with Gasteiger partial charge in [0.2, 0.25) is 5.88 Å². The molecule has 28 heavy (non-hydrogen) atoms. The Balaban J connectivity index is 2.39. The van der Waals surface area contributed by atoms with E-state index in [2.05, 4.69) is 6.92 Å². The summed E-state index contributed by atoms with van der Waals surface area (Å²) in [4.78, 5) is 25.5. The summed E-state index contributed by atoms with van der Waals surface area (Å²) in [7, 11) is 1.56. The van der Waals surface area contributed by atoms with Crippen LogP contribution in [-0.4, -0.2) is 22.6 Å². The molecule has 148 valence electrons. The van der Waals surface area contributed by atoms with E-state index in [4.69, 9.17) is 4.74 Å². The maximum atomic E-state index is 12.9. The molecule has 1 N–H and O–H groups in total. The molecule has 2 aromatic rings. The number of ketones is 1. The molecule has 0 saturated heterocycles. The summed E-state index contributed by atoms with van der Waals surface area (Å²) in [5.74, 6) is -0.00175. The van der Waals surface area contributed by atoms with Crippen molar-refractivity contribution in [3.05, 3.63) is 56.9 Å². The number of pyridine rings is 1. The number of nitrogens with zero attached hydrogens (tertiary/aromatic N) is 2. The van der Waals surface area contributed by atoms with Gasteiger partial charge in [-0.1, -0.05) is 38.3 Å². The standard InChI is InChI=1S/C22H26N2O4/c1-4-5-6-7-12-24-21(26)18(14-23)15(2)20(22(24)27)19(25)13-16-8-10-17(28-3)11-9-16/h8-11,27H,4-7,12-13H2,1-3H3. The van der Waals surface area contributed by atoms with Crippen molar-refractivity contribution in [1.29, 1.82) is 5.26 Å². The maximum Gasteiger partial charge on any atom is 0.271 e. The first-order valence-electron chi connectivity index (χ1n) is 9.47. The molecular formula is C22H26N2O4. The minimum Gasteiger partial charge on any atom is -0.497 e. The van der Waals surface area contributed by atoms with Crippen molar-refractivity contribution in [1.82, 2.24) is 4.57 Å². The topological polar surface area (TPSA) is 92.3 Å². The van der Waals surface area contributed by atoms with E-state index < -0.39 is 5.56 Å². The predicted octanol–water partition coefficient (Wildman–Crippen LogP) is 3.75. The minimum absolute atomic E-state index is 0.0439. The first-order chi connectivity index (χ1) is 13.4. The molecule has 0 unspecified atom stereocenters. The van der Waals surface area contributed by atoms with E-state index in [1.165, 1.54) is 6.92 Å². The van der Waals surface area contributed by atoms with Crippen molar-refractivity contribution in [3.8, 4) is 17.7 Å². The van der Waals surface area contributed by atoms with E-state index in [9.17, 15) is 20.0 Å². The smallest absolute Gasteiger partial charge is 0.271 e. The highest BCUT2D eigenvalue weighted by molar-refractivity contribution is 6.01. The van der Waals surface area contributed by atoms with E-state index in [1.807, 2.05) is 6.07 Å². The van der Waals surface area contributed by atoms with Crippen LogP contribution in [0, 0.1) is 18.3 Å². The van der Waals surface area contributed by atoms with E-state index in [1.54, 1.807) is 31.4 Å². The fourth-order valence-corrected chi connectivity index (χ4v) is 3.21. The van der Waals surface area contributed by atoms with Gasteiger partial charge in [-0.3, -0.25) is 14.2 Å². The molecular weight excluding hydrogens is 356 g/mol. The van der Waals surface area contributed by atoms with Gasteiger partial charge in [0.15, 0.2) is 5.78 Å². The molecule has 0 amide bonds. The molecule has 0 fully saturated rings. The van der Waals surface area contributed by atoms with Crippen LogP contribution in [-0.2, 0) is 13.0 Å². The number of ether oxygens (including phenoxy) is 1. The summed E-state index contributed by atoms with van der Waals surface area (Å²) in [6, 6.07) is 8.95. The summed E-state index contributed by atoms with van der Waals surface area (Å²) < 4.78 is 6.27. The van der Waals surface area contributed by atoms with Gasteiger partial charge in [-0.15, -0.1) is 0 Å². The lowest BCUT2D eigenvalue weighted by Gasteiger charge is -2.15. The molecule has 0 aliphatic rings. The third-order valence-electron chi connectivity index (χ3n) is 4.84. The number of Topliss-reactive ketones (excluding diaryl/α,β-unsaturated/α-hetero) is 1. The minimum atomic E-state index is -0.546. The highest BCUT2D eigenvalue weighted by Gasteiger charge is 2.23. The molecule has 1 heterocycles. The SMILES string of the molecule is CCCCCCn1c(O)c(C(=O)Cc2ccc(OC)cc2)c(C)c(C#N)c1=O. The number of hydrogen-bond donors (Lipinski definition) is 1. The lowest BCUT2D eigenvalue weighted by Crippen LogP contribution is -2.27. The van der Waals surface area contributed by atoms with E-state index in [0.29, 0.717) is 12.2 Å². The largest absolute Gasteiger partial charge is 0.497 e. The van der Waals surface area contributed by atoms with Crippen LogP contribution in [0.4, 0.5) is 0 Å². The second-order valence-corrected chi connectivity index (χ2v) is 6.78. The molecule has 1 aromatic carbocycles. The molecule has 1 aromatic heterocycles. The highest BCUT2D eigenvalue weighted by atomic mass is 16.5. The molecule has 6 heteroatoms. The fourth-order valence-electron chi connectivity index (χ4n) is 3.21. The van der Waals surface area contributed by atoms with Crippen LogP contribution in [0.2, 0.25) is 0 Å². The summed E-state index contributed by atoms with van der Waals surface area (Å²) in [6.07, 6.45) is 3.73. The van der Waals surface area contributed by atoms with Gasteiger partial charge in [-0.25, -0.2) is 0 Å². The molecule has 0 bridgehead atoms. The van der Waals surface area contributed by atoms with Crippen LogP contribution in [0.15, 0.2) is 29.1 Å². The van der Waals surface area contributed by atoms with E-state index in [-0.39, 0.29) is 41.3 Å². The predicted molar refractivity (Wildman–Crippen MR) is 107 cm³/mol. The van der Waals surface area contributed by atoms with Crippen LogP contribution in [0.1, 0.15) is 59.7 Å². The lowest BCUT2D eigenvalue weighted by molar-refractivity contribution is 0.0988. The number of aromatic hydroxyl groups is 1. The lowest BCUT2D eigenvalue weighted by atomic mass is 9.97. The Kier molecular flexibility index (Phi) is 7.39. The van der Waals surface area contributed by atoms with Gasteiger partial charge in [0.25, 0.3) is 5.56 Å². The summed E-state index contributed by atoms with van der Waals surface area (Å²) in [6.45, 7) is 3.89. The number of rotatable bonds is 9. The average Bonchev–Trinajstić information content (AvgIpc) is 2.68. The second kappa shape index (κ2) is 9.75. The first-order valence-corrected chi connectivity index (χ1v) is 9.47. The summed E-state index contributed by atoms with van der Waals surface area (Å²) in [5.41, 5.74) is 0.390. The molecule has 2 rings (SSSR count). The monoisotopic (exact) mass is 382 g/mol. The van der Waals surface area contributed by atoms with Crippen LogP contribution in [0.3, 0.4) is 0 Å². The molecule has 0 spiro atoms. The van der Waals surface area contributed by atoms with Crippen molar-refractivity contribution in [2.45, 2.75) is 52.5 Å². The molecule has 0 aliphatic heterocycles. The number of nitriles is 1. The quantitative estimate of drug-likeness (QED) is 0.527. The van der Waals surface area contributed by atoms with Crippen molar-refractivity contribution in [3.63, 3.8) is 0 Å². The first kappa shape index (κ1) is 21.2. The number of unbranched alkanes of at least 4 members (excludes halogenated alkanes) is 3. The molecule has 0 saturated carbocycles. The van der Waals surface area contributed by atoms with Gasteiger partial charge in [0, 0.05) is 13.0 Å². The molecule has 0 aliphatic carbocycles. The Morgan fingerprint density at radius 2 is 1.89 bits per heavy atom. The average molecular weight is 382 g/mol. The van der Waals surface area contributed by atoms with Gasteiger partial charge >= 0.3 is 0 Å². The van der Waals surface area contributed by atoms with Crippen molar-refractivity contribution >= 4 is 5.78 Å². The highest BCUT2D eigenvalue weighted by Crippen LogP contribution is 2.24. The Labute approximate surface area is 165 Å². The summed E-state index contributed by atoms with van der Waals surface area (Å²) >= 11 is 0. The van der Waals surface area contributed by atoms with Crippen molar-refractivity contribution < 1.29 is 14.6 Å². The Hall–Kier alpha value is -3.07. The van der Waals surface area contributed by atoms with Gasteiger partial charge in [0.1, 0.15) is 17.4 Å². The molecule has 6 nitrogen and oxygen atoms in total. The third-order valence-corrected chi connectivity index (χ3v) is 4.84. The molecule has 0 radical (unpaired) electrons. The number of carbonyl (C=O) groups is 1. The number of aromatic nitrogens is 1. The van der Waals surface area contributed by atoms with Crippen LogP contribution >= 0.6 is 0 Å². The Morgan fingerprint density at radius 3 is 2.46 bits per heavy atom. The second-order valence-electron chi connectivity index (χ2n) is 6.78. The van der Waals surface area contributed by atoms with Gasteiger partial charge in [-0.05, 0) is 36.6 Å². The van der Waals surface area contributed by atoms with Crippen LogP contribution in [0.25, 0.3) is 0 Å². The van der Waals surface area contributed by atoms with Gasteiger partial charge in [0.05, 0.1) is 12.7 Å². The van der Waals surface area contributed by atoms with E-state index >= 15 is 0 Å². The Morgan fingerprint density at radius 1 is 1.21 bits per heavy atom. The third kappa shape index (κ3) is 4.61. The maximum absolute atomic E-state index is 12.9. The van der Waals surface area contributed by atoms with E-state index in [0.717, 1.165) is 29.4 Å². The number of hydrogen-bond acceptors (Lipinski definition) is 5. The van der Waals surface area contributed by atoms with Gasteiger partial charge in [-0.2, -0.15) is 5.26 Å². The summed E-state index contributed by atoms with van der Waals surface area (Å²) in [5, 5.41) is 20.1. The zero-order valence-corrected chi connectivity index (χ0v) is 16.6. The number of carbonyl (C=O) groups excluding carboxylic acids is 1.